The van der Waals surface area contributed by atoms with Crippen molar-refractivity contribution in [3.05, 3.63) is 0 Å². The molecule has 4 aliphatic heterocycles. The van der Waals surface area contributed by atoms with Gasteiger partial charge in [0.2, 0.25) is 11.8 Å². The Balaban J connectivity index is 1.87. The van der Waals surface area contributed by atoms with Crippen molar-refractivity contribution in [2.75, 3.05) is 27.8 Å². The molecule has 2 bridgehead atoms. The second kappa shape index (κ2) is 4.57. The highest BCUT2D eigenvalue weighted by molar-refractivity contribution is 6.19. The van der Waals surface area contributed by atoms with Crippen molar-refractivity contribution in [3.63, 3.8) is 0 Å². The quantitative estimate of drug-likeness (QED) is 0.315. The molecule has 4 heterocycles. The molecule has 4 aliphatic rings. The van der Waals surface area contributed by atoms with Crippen molar-refractivity contribution < 1.29 is 38.2 Å². The van der Waals surface area contributed by atoms with E-state index in [1.807, 2.05) is 0 Å². The number of hydrogen-bond acceptors (Lipinski definition) is 8. The van der Waals surface area contributed by atoms with E-state index < -0.39 is 58.7 Å². The van der Waals surface area contributed by atoms with Crippen LogP contribution in [0.2, 0.25) is 0 Å². The summed E-state index contributed by atoms with van der Waals surface area (Å²) in [5, 5.41) is 0. The molecule has 0 aliphatic carbocycles. The molecule has 10 nitrogen and oxygen atoms in total. The number of imide groups is 1. The van der Waals surface area contributed by atoms with Crippen molar-refractivity contribution in [1.82, 2.24) is 9.80 Å². The minimum Gasteiger partial charge on any atom is -0.469 e. The number of amides is 3. The predicted molar refractivity (Wildman–Crippen MR) is 75.2 cm³/mol. The Morgan fingerprint density at radius 3 is 2.36 bits per heavy atom. The highest BCUT2D eigenvalue weighted by Gasteiger charge is 2.86. The third-order valence-corrected chi connectivity index (χ3v) is 5.77. The summed E-state index contributed by atoms with van der Waals surface area (Å²) in [5.41, 5.74) is -3.68. The third-order valence-electron chi connectivity index (χ3n) is 5.77. The van der Waals surface area contributed by atoms with E-state index in [0.29, 0.717) is 0 Å². The lowest BCUT2D eigenvalue weighted by molar-refractivity contribution is -0.177. The molecule has 5 atom stereocenters. The topological polar surface area (TPSA) is 120 Å². The molecule has 0 aromatic carbocycles. The van der Waals surface area contributed by atoms with E-state index in [-0.39, 0.29) is 13.0 Å². The third kappa shape index (κ3) is 1.47. The fourth-order valence-electron chi connectivity index (χ4n) is 4.74. The average molecular weight is 352 g/mol. The van der Waals surface area contributed by atoms with Crippen molar-refractivity contribution in [2.45, 2.75) is 17.7 Å². The van der Waals surface area contributed by atoms with Gasteiger partial charge in [0.1, 0.15) is 11.8 Å². The van der Waals surface area contributed by atoms with Gasteiger partial charge in [-0.25, -0.2) is 4.79 Å². The van der Waals surface area contributed by atoms with Gasteiger partial charge in [-0.1, -0.05) is 0 Å². The van der Waals surface area contributed by atoms with Gasteiger partial charge in [-0.05, 0) is 0 Å². The van der Waals surface area contributed by atoms with Crippen molar-refractivity contribution in [2.24, 2.45) is 17.8 Å². The summed E-state index contributed by atoms with van der Waals surface area (Å²) in [6.45, 7) is -0.0430. The van der Waals surface area contributed by atoms with E-state index >= 15 is 0 Å². The van der Waals surface area contributed by atoms with E-state index in [1.165, 1.54) is 19.1 Å². The number of nitrogens with zero attached hydrogens (tertiary/aromatic N) is 2. The molecular formula is C15H16N2O8. The number of carbonyl (C=O) groups is 5. The van der Waals surface area contributed by atoms with Crippen LogP contribution in [0.5, 0.6) is 0 Å². The normalized spacial score (nSPS) is 41.2. The van der Waals surface area contributed by atoms with Crippen LogP contribution in [0, 0.1) is 17.8 Å². The van der Waals surface area contributed by atoms with Crippen LogP contribution in [0.3, 0.4) is 0 Å². The summed E-state index contributed by atoms with van der Waals surface area (Å²) in [4.78, 5) is 64.7. The fraction of sp³-hybridized carbons (Fsp3) is 0.667. The number of likely N-dealkylation sites (tertiary alicyclic amines) is 1. The number of fused-ring (bicyclic) bond motifs is 3. The smallest absolute Gasteiger partial charge is 0.349 e. The van der Waals surface area contributed by atoms with Gasteiger partial charge in [-0.15, -0.1) is 0 Å². The van der Waals surface area contributed by atoms with Crippen molar-refractivity contribution >= 4 is 29.7 Å². The van der Waals surface area contributed by atoms with Gasteiger partial charge < -0.3 is 19.1 Å². The Labute approximate surface area is 141 Å². The van der Waals surface area contributed by atoms with Gasteiger partial charge in [0, 0.05) is 20.0 Å². The molecule has 1 spiro atoms. The minimum absolute atomic E-state index is 0.0157. The molecule has 0 N–H and O–H groups in total. The van der Waals surface area contributed by atoms with E-state index in [1.54, 1.807) is 0 Å². The zero-order valence-corrected chi connectivity index (χ0v) is 13.8. The largest absolute Gasteiger partial charge is 0.469 e. The maximum atomic E-state index is 13.0. The molecular weight excluding hydrogens is 336 g/mol. The first-order valence-corrected chi connectivity index (χ1v) is 7.76. The van der Waals surface area contributed by atoms with Gasteiger partial charge in [0.05, 0.1) is 20.1 Å². The summed E-state index contributed by atoms with van der Waals surface area (Å²) < 4.78 is 15.3. The maximum absolute atomic E-state index is 13.0. The Morgan fingerprint density at radius 2 is 1.76 bits per heavy atom. The zero-order valence-electron chi connectivity index (χ0n) is 13.8. The molecule has 4 saturated heterocycles. The monoisotopic (exact) mass is 352 g/mol. The Morgan fingerprint density at radius 1 is 1.12 bits per heavy atom. The number of hydrogen-bond donors (Lipinski definition) is 0. The predicted octanol–water partition coefficient (Wildman–Crippen LogP) is -2.11. The van der Waals surface area contributed by atoms with Gasteiger partial charge in [0.25, 0.3) is 11.5 Å². The fourth-order valence-corrected chi connectivity index (χ4v) is 4.74. The number of piperidine rings is 1. The van der Waals surface area contributed by atoms with E-state index in [0.717, 1.165) is 12.0 Å². The number of esters is 2. The summed E-state index contributed by atoms with van der Waals surface area (Å²) in [5.74, 6) is -6.52. The number of methoxy groups -OCH3 is 2. The molecule has 4 fully saturated rings. The summed E-state index contributed by atoms with van der Waals surface area (Å²) in [6, 6.07) is 0. The lowest BCUT2D eigenvalue weighted by Gasteiger charge is -2.35. The molecule has 0 saturated carbocycles. The van der Waals surface area contributed by atoms with Crippen LogP contribution in [0.25, 0.3) is 0 Å². The van der Waals surface area contributed by atoms with Gasteiger partial charge in [0.15, 0.2) is 5.72 Å². The van der Waals surface area contributed by atoms with Gasteiger partial charge in [-0.2, -0.15) is 0 Å². The Bertz CT molecular complexity index is 750. The van der Waals surface area contributed by atoms with Crippen molar-refractivity contribution in [1.29, 1.82) is 0 Å². The maximum Gasteiger partial charge on any atom is 0.349 e. The van der Waals surface area contributed by atoms with Gasteiger partial charge >= 0.3 is 11.9 Å². The Hall–Kier alpha value is -2.49. The van der Waals surface area contributed by atoms with Crippen LogP contribution >= 0.6 is 0 Å². The highest BCUT2D eigenvalue weighted by Crippen LogP contribution is 2.63. The summed E-state index contributed by atoms with van der Waals surface area (Å²) in [6.07, 6.45) is -0.0157. The molecule has 10 heteroatoms. The summed E-state index contributed by atoms with van der Waals surface area (Å²) >= 11 is 0. The molecule has 0 unspecified atom stereocenters. The van der Waals surface area contributed by atoms with E-state index in [9.17, 15) is 24.0 Å². The second-order valence-electron chi connectivity index (χ2n) is 6.70. The lowest BCUT2D eigenvalue weighted by Crippen LogP contribution is -2.60. The Kier molecular flexibility index (Phi) is 2.92. The number of rotatable bonds is 2. The van der Waals surface area contributed by atoms with Crippen LogP contribution < -0.4 is 0 Å². The van der Waals surface area contributed by atoms with Crippen LogP contribution in [0.4, 0.5) is 0 Å². The van der Waals surface area contributed by atoms with Gasteiger partial charge in [-0.3, -0.25) is 24.1 Å². The SMILES string of the molecule is COC(=O)[C@@H]1CN2C(=O)[C@@]3(C(=O)OC)O[C@]2(C1)[C@@H]1C(=O)N(C)C(=O)[C@@H]13. The standard InChI is InChI=1S/C15H16N2O8/c1-16-9(18)7-8(10(16)19)15(13(22)24-3)12(21)17-5-6(11(20)23-2)4-14(7,17)25-15/h6-8H,4-5H2,1-3H3/t6-,7-,8+,14+,15-/m0/s1. The van der Waals surface area contributed by atoms with Crippen LogP contribution in [-0.4, -0.2) is 78.6 Å². The van der Waals surface area contributed by atoms with Crippen LogP contribution in [-0.2, 0) is 38.2 Å². The molecule has 25 heavy (non-hydrogen) atoms. The van der Waals surface area contributed by atoms with E-state index in [4.69, 9.17) is 14.2 Å². The molecule has 3 amide bonds. The van der Waals surface area contributed by atoms with E-state index in [2.05, 4.69) is 0 Å². The minimum atomic E-state index is -2.17. The average Bonchev–Trinajstić information content (AvgIpc) is 3.27. The number of ether oxygens (including phenoxy) is 3. The van der Waals surface area contributed by atoms with Crippen molar-refractivity contribution in [3.8, 4) is 0 Å². The zero-order chi connectivity index (χ0) is 18.3. The first-order chi connectivity index (χ1) is 11.8. The lowest BCUT2D eigenvalue weighted by atomic mass is 9.74. The molecule has 0 aromatic heterocycles. The first-order valence-electron chi connectivity index (χ1n) is 7.76. The molecule has 4 rings (SSSR count). The number of carbonyl (C=O) groups excluding carboxylic acids is 5. The molecule has 0 aromatic rings. The van der Waals surface area contributed by atoms with Crippen LogP contribution in [0.1, 0.15) is 6.42 Å². The summed E-state index contributed by atoms with van der Waals surface area (Å²) in [7, 11) is 3.60. The molecule has 134 valence electrons. The first kappa shape index (κ1) is 16.0. The molecule has 0 radical (unpaired) electrons. The van der Waals surface area contributed by atoms with Crippen LogP contribution in [0.15, 0.2) is 0 Å². The second-order valence-corrected chi connectivity index (χ2v) is 6.70. The highest BCUT2D eigenvalue weighted by atomic mass is 16.6.